The number of hydrogen-bond donors (Lipinski definition) is 2. The van der Waals surface area contributed by atoms with Crippen LogP contribution >= 0.6 is 11.3 Å². The van der Waals surface area contributed by atoms with Gasteiger partial charge in [-0.25, -0.2) is 22.5 Å². The molecule has 11 heteroatoms. The molecule has 208 valence electrons. The molecular weight excluding hydrogens is 541 g/mol. The van der Waals surface area contributed by atoms with Crippen LogP contribution in [0.25, 0.3) is 21.2 Å². The number of thiazole rings is 1. The summed E-state index contributed by atoms with van der Waals surface area (Å²) in [7, 11) is -3.80. The van der Waals surface area contributed by atoms with Crippen molar-refractivity contribution >= 4 is 44.2 Å². The van der Waals surface area contributed by atoms with Crippen molar-refractivity contribution in [1.29, 1.82) is 0 Å². The molecule has 1 unspecified atom stereocenters. The van der Waals surface area contributed by atoms with Crippen LogP contribution < -0.4 is 10.0 Å². The number of fused-ring (bicyclic) bond motifs is 1. The smallest absolute Gasteiger partial charge is 0.347 e. The van der Waals surface area contributed by atoms with Crippen LogP contribution in [0, 0.1) is 5.92 Å². The molecular formula is C28H32FN3O5S2. The normalized spacial score (nSPS) is 16.8. The van der Waals surface area contributed by atoms with Crippen LogP contribution in [-0.4, -0.2) is 37.0 Å². The number of alkyl halides is 1. The summed E-state index contributed by atoms with van der Waals surface area (Å²) in [4.78, 5) is 34.5. The number of sulfonamides is 1. The van der Waals surface area contributed by atoms with E-state index in [0.29, 0.717) is 21.2 Å². The van der Waals surface area contributed by atoms with Gasteiger partial charge in [-0.2, -0.15) is 9.59 Å². The number of rotatable bonds is 7. The zero-order valence-corrected chi connectivity index (χ0v) is 23.8. The van der Waals surface area contributed by atoms with Gasteiger partial charge in [0.05, 0.1) is 15.5 Å². The summed E-state index contributed by atoms with van der Waals surface area (Å²) >= 11 is 1.19. The number of carbonyl (C=O) groups excluding carboxylic acids is 3. The molecule has 1 aromatic heterocycles. The average Bonchev–Trinajstić information content (AvgIpc) is 3.24. The first-order valence-electron chi connectivity index (χ1n) is 13.0. The van der Waals surface area contributed by atoms with Gasteiger partial charge in [0.25, 0.3) is 5.91 Å². The summed E-state index contributed by atoms with van der Waals surface area (Å²) in [5, 5.41) is 4.49. The van der Waals surface area contributed by atoms with E-state index in [9.17, 15) is 13.2 Å². The van der Waals surface area contributed by atoms with Crippen molar-refractivity contribution in [3.8, 4) is 10.4 Å². The first kappa shape index (κ1) is 29.0. The van der Waals surface area contributed by atoms with Crippen LogP contribution in [0.4, 0.5) is 4.39 Å². The summed E-state index contributed by atoms with van der Waals surface area (Å²) in [6.45, 7) is 5.38. The summed E-state index contributed by atoms with van der Waals surface area (Å²) in [5.41, 5.74) is 0.339. The maximum atomic E-state index is 15.7. The average molecular weight is 574 g/mol. The third-order valence-corrected chi connectivity index (χ3v) is 9.89. The zero-order valence-electron chi connectivity index (χ0n) is 22.1. The van der Waals surface area contributed by atoms with E-state index in [4.69, 9.17) is 9.59 Å². The molecule has 2 aliphatic rings. The minimum absolute atomic E-state index is 0.102. The van der Waals surface area contributed by atoms with Gasteiger partial charge in [-0.15, -0.1) is 11.3 Å². The Morgan fingerprint density at radius 1 is 1.05 bits per heavy atom. The number of hydrogen-bond acceptors (Lipinski definition) is 7. The first-order chi connectivity index (χ1) is 18.4. The summed E-state index contributed by atoms with van der Waals surface area (Å²) < 4.78 is 44.9. The summed E-state index contributed by atoms with van der Waals surface area (Å²) in [6.07, 6.45) is 4.59. The van der Waals surface area contributed by atoms with Gasteiger partial charge in [0, 0.05) is 22.5 Å². The number of halogens is 1. The van der Waals surface area contributed by atoms with Crippen LogP contribution in [0.3, 0.4) is 0 Å². The molecule has 2 N–H and O–H groups in total. The summed E-state index contributed by atoms with van der Waals surface area (Å²) in [6, 6.07) is 10.7. The second-order valence-corrected chi connectivity index (χ2v) is 13.7. The van der Waals surface area contributed by atoms with Crippen LogP contribution in [0.15, 0.2) is 41.3 Å². The minimum atomic E-state index is -3.80. The maximum Gasteiger partial charge on any atom is 0.373 e. The van der Waals surface area contributed by atoms with Gasteiger partial charge in [0.2, 0.25) is 10.0 Å². The molecule has 1 heterocycles. The molecule has 8 nitrogen and oxygen atoms in total. The van der Waals surface area contributed by atoms with E-state index in [0.717, 1.165) is 38.5 Å². The van der Waals surface area contributed by atoms with Gasteiger partial charge in [-0.3, -0.25) is 4.79 Å². The van der Waals surface area contributed by atoms with Crippen molar-refractivity contribution in [2.24, 2.45) is 5.92 Å². The highest BCUT2D eigenvalue weighted by molar-refractivity contribution is 7.89. The third kappa shape index (κ3) is 6.44. The van der Waals surface area contributed by atoms with E-state index in [1.807, 2.05) is 12.1 Å². The van der Waals surface area contributed by atoms with Crippen molar-refractivity contribution in [2.45, 2.75) is 81.9 Å². The lowest BCUT2D eigenvalue weighted by atomic mass is 9.80. The standard InChI is InChI=1S/C27H32FN3O3S2.CO2/c1-27(2,3)31-36(33,34)21-15-14-20(18-12-4-5-13-19(18)21)24-23(22(28)16-8-6-9-16)30-26(35-24)25(32)29-17-10-7-11-17;2-1-3/h4-5,12-17,22,31H,6-11H2,1-3H3,(H,29,32);. The zero-order chi connectivity index (χ0) is 28.4. The van der Waals surface area contributed by atoms with Gasteiger partial charge >= 0.3 is 6.15 Å². The lowest BCUT2D eigenvalue weighted by Crippen LogP contribution is -2.40. The fourth-order valence-electron chi connectivity index (χ4n) is 4.73. The molecule has 2 fully saturated rings. The van der Waals surface area contributed by atoms with Crippen molar-refractivity contribution in [3.05, 3.63) is 47.1 Å². The Kier molecular flexibility index (Phi) is 8.66. The number of carbonyl (C=O) groups is 1. The molecule has 2 aliphatic carbocycles. The Morgan fingerprint density at radius 2 is 1.67 bits per heavy atom. The second-order valence-electron chi connectivity index (χ2n) is 11.0. The molecule has 3 aromatic rings. The Labute approximate surface area is 231 Å². The van der Waals surface area contributed by atoms with E-state index in [1.165, 1.54) is 11.3 Å². The topological polar surface area (TPSA) is 122 Å². The van der Waals surface area contributed by atoms with E-state index in [-0.39, 0.29) is 39.6 Å². The highest BCUT2D eigenvalue weighted by Gasteiger charge is 2.35. The van der Waals surface area contributed by atoms with Crippen LogP contribution in [0.2, 0.25) is 0 Å². The molecule has 0 spiro atoms. The molecule has 0 aliphatic heterocycles. The molecule has 39 heavy (non-hydrogen) atoms. The number of nitrogens with one attached hydrogen (secondary N) is 2. The highest BCUT2D eigenvalue weighted by Crippen LogP contribution is 2.46. The molecule has 0 bridgehead atoms. The quantitative estimate of drug-likeness (QED) is 0.382. The number of aromatic nitrogens is 1. The van der Waals surface area contributed by atoms with E-state index in [1.54, 1.807) is 45.0 Å². The van der Waals surface area contributed by atoms with Gasteiger partial charge in [0.15, 0.2) is 5.01 Å². The monoisotopic (exact) mass is 573 g/mol. The van der Waals surface area contributed by atoms with Gasteiger partial charge < -0.3 is 5.32 Å². The second kappa shape index (κ2) is 11.6. The fraction of sp³-hybridized carbons (Fsp3) is 0.464. The SMILES string of the molecule is CC(C)(C)NS(=O)(=O)c1ccc(-c2sc(C(=O)NC3CCC3)nc2C(F)C2CCC2)c2ccccc12.O=C=O. The van der Waals surface area contributed by atoms with Crippen LogP contribution in [-0.2, 0) is 19.6 Å². The van der Waals surface area contributed by atoms with Gasteiger partial charge in [-0.1, -0.05) is 36.8 Å². The first-order valence-corrected chi connectivity index (χ1v) is 15.3. The van der Waals surface area contributed by atoms with Crippen molar-refractivity contribution in [3.63, 3.8) is 0 Å². The number of amides is 1. The molecule has 2 saturated carbocycles. The maximum absolute atomic E-state index is 15.7. The van der Waals surface area contributed by atoms with E-state index < -0.39 is 21.7 Å². The Balaban J connectivity index is 0.00000112. The Hall–Kier alpha value is -2.98. The van der Waals surface area contributed by atoms with E-state index in [2.05, 4.69) is 15.0 Å². The lowest BCUT2D eigenvalue weighted by Gasteiger charge is -2.28. The number of nitrogens with zero attached hydrogens (tertiary/aromatic N) is 1. The third-order valence-electron chi connectivity index (χ3n) is 6.97. The molecule has 0 radical (unpaired) electrons. The van der Waals surface area contributed by atoms with Crippen molar-refractivity contribution < 1.29 is 27.2 Å². The van der Waals surface area contributed by atoms with Crippen LogP contribution in [0.5, 0.6) is 0 Å². The summed E-state index contributed by atoms with van der Waals surface area (Å²) in [5.74, 6) is -0.369. The predicted molar refractivity (Wildman–Crippen MR) is 146 cm³/mol. The van der Waals surface area contributed by atoms with E-state index >= 15 is 4.39 Å². The number of benzene rings is 2. The highest BCUT2D eigenvalue weighted by atomic mass is 32.2. The minimum Gasteiger partial charge on any atom is -0.347 e. The Morgan fingerprint density at radius 3 is 2.21 bits per heavy atom. The lowest BCUT2D eigenvalue weighted by molar-refractivity contribution is -0.191. The molecule has 2 aromatic carbocycles. The molecule has 1 atom stereocenters. The van der Waals surface area contributed by atoms with Gasteiger partial charge in [0.1, 0.15) is 6.17 Å². The Bertz CT molecular complexity index is 1500. The van der Waals surface area contributed by atoms with Gasteiger partial charge in [-0.05, 0) is 70.2 Å². The fourth-order valence-corrected chi connectivity index (χ4v) is 7.40. The van der Waals surface area contributed by atoms with Crippen molar-refractivity contribution in [1.82, 2.24) is 15.0 Å². The molecule has 1 amide bonds. The predicted octanol–water partition coefficient (Wildman–Crippen LogP) is 5.55. The van der Waals surface area contributed by atoms with Crippen LogP contribution in [0.1, 0.15) is 81.0 Å². The molecule has 5 rings (SSSR count). The molecule has 0 saturated heterocycles. The van der Waals surface area contributed by atoms with Crippen molar-refractivity contribution in [2.75, 3.05) is 0 Å². The largest absolute Gasteiger partial charge is 0.373 e.